The van der Waals surface area contributed by atoms with E-state index in [0.717, 1.165) is 0 Å². The second kappa shape index (κ2) is 5.23. The lowest BCUT2D eigenvalue weighted by atomic mass is 10.3. The molecule has 0 aliphatic heterocycles. The standard InChI is InChI=1S/C6H8ClO3/c1-2-3-5(8)10-6(9)4-7/h3H,2,4H2,1H3. The largest absolute Gasteiger partial charge is 0.392 e. The minimum atomic E-state index is -0.712. The molecule has 0 atom stereocenters. The highest BCUT2D eigenvalue weighted by molar-refractivity contribution is 6.27. The van der Waals surface area contributed by atoms with Crippen LogP contribution in [0.2, 0.25) is 0 Å². The van der Waals surface area contributed by atoms with Crippen molar-refractivity contribution in [2.45, 2.75) is 13.3 Å². The van der Waals surface area contributed by atoms with Gasteiger partial charge in [-0.3, -0.25) is 9.59 Å². The summed E-state index contributed by atoms with van der Waals surface area (Å²) in [5.41, 5.74) is 0. The molecule has 3 nitrogen and oxygen atoms in total. The van der Waals surface area contributed by atoms with E-state index in [0.29, 0.717) is 6.42 Å². The average molecular weight is 164 g/mol. The third kappa shape index (κ3) is 4.32. The summed E-state index contributed by atoms with van der Waals surface area (Å²) < 4.78 is 4.17. The Morgan fingerprint density at radius 3 is 2.60 bits per heavy atom. The molecule has 1 radical (unpaired) electrons. The number of carbonyl (C=O) groups is 2. The molecular weight excluding hydrogens is 156 g/mol. The van der Waals surface area contributed by atoms with E-state index >= 15 is 0 Å². The molecule has 0 bridgehead atoms. The van der Waals surface area contributed by atoms with Crippen molar-refractivity contribution in [2.75, 3.05) is 5.88 Å². The van der Waals surface area contributed by atoms with Crippen LogP contribution in [0.1, 0.15) is 13.3 Å². The van der Waals surface area contributed by atoms with Gasteiger partial charge in [-0.2, -0.15) is 0 Å². The second-order valence-corrected chi connectivity index (χ2v) is 1.81. The third-order valence-corrected chi connectivity index (χ3v) is 0.913. The van der Waals surface area contributed by atoms with Gasteiger partial charge in [-0.1, -0.05) is 6.92 Å². The van der Waals surface area contributed by atoms with Crippen LogP contribution in [0.5, 0.6) is 0 Å². The predicted molar refractivity (Wildman–Crippen MR) is 36.4 cm³/mol. The van der Waals surface area contributed by atoms with Gasteiger partial charge in [0.05, 0.1) is 6.42 Å². The number of alkyl halides is 1. The molecule has 0 amide bonds. The quantitative estimate of drug-likeness (QED) is 0.353. The molecule has 0 rings (SSSR count). The van der Waals surface area contributed by atoms with Gasteiger partial charge in [0, 0.05) is 0 Å². The van der Waals surface area contributed by atoms with Crippen LogP contribution in [-0.2, 0) is 14.3 Å². The molecule has 0 saturated heterocycles. The summed E-state index contributed by atoms with van der Waals surface area (Å²) in [5, 5.41) is 0. The molecule has 0 saturated carbocycles. The van der Waals surface area contributed by atoms with Crippen LogP contribution in [0.25, 0.3) is 0 Å². The number of carbonyl (C=O) groups excluding carboxylic acids is 2. The first-order valence-corrected chi connectivity index (χ1v) is 3.38. The smallest absolute Gasteiger partial charge is 0.328 e. The molecule has 0 aliphatic carbocycles. The van der Waals surface area contributed by atoms with E-state index in [1.54, 1.807) is 6.92 Å². The molecule has 57 valence electrons. The lowest BCUT2D eigenvalue weighted by molar-refractivity contribution is -0.155. The molecule has 4 heteroatoms. The van der Waals surface area contributed by atoms with Gasteiger partial charge >= 0.3 is 11.9 Å². The maximum absolute atomic E-state index is 10.5. The van der Waals surface area contributed by atoms with Crippen LogP contribution in [0.15, 0.2) is 0 Å². The van der Waals surface area contributed by atoms with Gasteiger partial charge in [0.1, 0.15) is 5.88 Å². The van der Waals surface area contributed by atoms with Crippen LogP contribution < -0.4 is 0 Å². The number of esters is 2. The van der Waals surface area contributed by atoms with Crippen molar-refractivity contribution in [2.24, 2.45) is 0 Å². The Balaban J connectivity index is 3.47. The maximum Gasteiger partial charge on any atom is 0.328 e. The fraction of sp³-hybridized carbons (Fsp3) is 0.500. The summed E-state index contributed by atoms with van der Waals surface area (Å²) in [6.07, 6.45) is 1.82. The number of hydrogen-bond acceptors (Lipinski definition) is 3. The molecule has 0 heterocycles. The van der Waals surface area contributed by atoms with Crippen LogP contribution in [0.3, 0.4) is 0 Å². The fourth-order valence-electron chi connectivity index (χ4n) is 0.348. The number of hydrogen-bond donors (Lipinski definition) is 0. The molecule has 0 aromatic carbocycles. The van der Waals surface area contributed by atoms with Gasteiger partial charge in [0.2, 0.25) is 0 Å². The lowest BCUT2D eigenvalue weighted by Gasteiger charge is -1.96. The van der Waals surface area contributed by atoms with Crippen molar-refractivity contribution in [3.63, 3.8) is 0 Å². The van der Waals surface area contributed by atoms with Crippen molar-refractivity contribution in [3.05, 3.63) is 6.42 Å². The van der Waals surface area contributed by atoms with Gasteiger partial charge < -0.3 is 4.74 Å². The zero-order chi connectivity index (χ0) is 7.98. The first-order valence-electron chi connectivity index (χ1n) is 2.84. The summed E-state index contributed by atoms with van der Waals surface area (Å²) in [6.45, 7) is 1.77. The van der Waals surface area contributed by atoms with E-state index in [1.165, 1.54) is 6.42 Å². The van der Waals surface area contributed by atoms with Crippen molar-refractivity contribution < 1.29 is 14.3 Å². The molecular formula is C6H8ClO3. The van der Waals surface area contributed by atoms with Crippen molar-refractivity contribution in [1.82, 2.24) is 0 Å². The summed E-state index contributed by atoms with van der Waals surface area (Å²) in [7, 11) is 0. The Morgan fingerprint density at radius 1 is 1.60 bits per heavy atom. The van der Waals surface area contributed by atoms with Crippen LogP contribution in [0, 0.1) is 6.42 Å². The summed E-state index contributed by atoms with van der Waals surface area (Å²) >= 11 is 5.06. The Kier molecular flexibility index (Phi) is 4.94. The molecule has 0 fully saturated rings. The highest BCUT2D eigenvalue weighted by Gasteiger charge is 2.06. The third-order valence-electron chi connectivity index (χ3n) is 0.694. The van der Waals surface area contributed by atoms with E-state index in [9.17, 15) is 9.59 Å². The molecule has 0 unspecified atom stereocenters. The highest BCUT2D eigenvalue weighted by atomic mass is 35.5. The fourth-order valence-corrected chi connectivity index (χ4v) is 0.402. The Hall–Kier alpha value is -0.570. The zero-order valence-corrected chi connectivity index (χ0v) is 6.35. The van der Waals surface area contributed by atoms with Gasteiger partial charge in [-0.25, -0.2) is 0 Å². The van der Waals surface area contributed by atoms with Gasteiger partial charge in [-0.15, -0.1) is 11.6 Å². The summed E-state index contributed by atoms with van der Waals surface area (Å²) in [4.78, 5) is 20.8. The number of rotatable bonds is 3. The maximum atomic E-state index is 10.5. The zero-order valence-electron chi connectivity index (χ0n) is 5.59. The molecule has 0 aromatic rings. The number of halogens is 1. The molecule has 0 aliphatic rings. The Morgan fingerprint density at radius 2 is 2.20 bits per heavy atom. The van der Waals surface area contributed by atoms with Crippen molar-refractivity contribution in [1.29, 1.82) is 0 Å². The van der Waals surface area contributed by atoms with E-state index in [1.807, 2.05) is 0 Å². The lowest BCUT2D eigenvalue weighted by Crippen LogP contribution is -2.12. The minimum absolute atomic E-state index is 0.288. The highest BCUT2D eigenvalue weighted by Crippen LogP contribution is 1.91. The topological polar surface area (TPSA) is 43.4 Å². The molecule has 10 heavy (non-hydrogen) atoms. The Bertz CT molecular complexity index is 133. The first kappa shape index (κ1) is 9.43. The SMILES string of the molecule is CC[CH]C(=O)OC(=O)CCl. The summed E-state index contributed by atoms with van der Waals surface area (Å²) in [6, 6.07) is 0. The Labute approximate surface area is 64.3 Å². The van der Waals surface area contributed by atoms with Gasteiger partial charge in [0.25, 0.3) is 0 Å². The second-order valence-electron chi connectivity index (χ2n) is 1.54. The molecule has 0 N–H and O–H groups in total. The van der Waals surface area contributed by atoms with Gasteiger partial charge in [-0.05, 0) is 6.42 Å². The number of ether oxygens (including phenoxy) is 1. The van der Waals surface area contributed by atoms with Crippen LogP contribution in [0.4, 0.5) is 0 Å². The average Bonchev–Trinajstić information content (AvgIpc) is 1.88. The van der Waals surface area contributed by atoms with Crippen LogP contribution >= 0.6 is 11.6 Å². The van der Waals surface area contributed by atoms with Crippen molar-refractivity contribution in [3.8, 4) is 0 Å². The molecule has 0 aromatic heterocycles. The van der Waals surface area contributed by atoms with E-state index < -0.39 is 11.9 Å². The van der Waals surface area contributed by atoms with Crippen molar-refractivity contribution >= 4 is 23.5 Å². The normalized spacial score (nSPS) is 9.00. The van der Waals surface area contributed by atoms with E-state index in [4.69, 9.17) is 11.6 Å². The monoisotopic (exact) mass is 163 g/mol. The first-order chi connectivity index (χ1) is 4.70. The van der Waals surface area contributed by atoms with Gasteiger partial charge in [0.15, 0.2) is 0 Å². The van der Waals surface area contributed by atoms with E-state index in [2.05, 4.69) is 4.74 Å². The summed E-state index contributed by atoms with van der Waals surface area (Å²) in [5.74, 6) is -1.63. The predicted octanol–water partition coefficient (Wildman–Crippen LogP) is 0.909. The molecule has 0 spiro atoms. The van der Waals surface area contributed by atoms with Crippen LogP contribution in [-0.4, -0.2) is 17.8 Å². The minimum Gasteiger partial charge on any atom is -0.392 e. The van der Waals surface area contributed by atoms with E-state index in [-0.39, 0.29) is 5.88 Å².